The maximum atomic E-state index is 13.2. The van der Waals surface area contributed by atoms with Crippen molar-refractivity contribution in [1.29, 1.82) is 0 Å². The minimum atomic E-state index is -0.725. The number of ketones is 1. The molecule has 1 N–H and O–H groups in total. The lowest BCUT2D eigenvalue weighted by atomic mass is 9.79. The predicted molar refractivity (Wildman–Crippen MR) is 136 cm³/mol. The van der Waals surface area contributed by atoms with Gasteiger partial charge in [0.15, 0.2) is 5.05 Å². The minimum Gasteiger partial charge on any atom is -0.500 e. The highest BCUT2D eigenvalue weighted by Crippen LogP contribution is 2.36. The summed E-state index contributed by atoms with van der Waals surface area (Å²) in [6, 6.07) is 20.3. The van der Waals surface area contributed by atoms with Crippen molar-refractivity contribution in [2.45, 2.75) is 64.8 Å². The fraction of sp³-hybridized carbons (Fsp3) is 0.464. The number of amides is 1. The van der Waals surface area contributed by atoms with Crippen molar-refractivity contribution in [2.24, 2.45) is 11.3 Å². The first-order chi connectivity index (χ1) is 15.8. The molecule has 0 aromatic heterocycles. The number of hydrogen-bond donors (Lipinski definition) is 1. The Hall–Kier alpha value is -2.53. The molecule has 1 saturated heterocycles. The average molecular weight is 466 g/mol. The third-order valence-corrected chi connectivity index (χ3v) is 7.43. The molecule has 33 heavy (non-hydrogen) atoms. The van der Waals surface area contributed by atoms with E-state index in [0.29, 0.717) is 13.0 Å². The van der Waals surface area contributed by atoms with Crippen molar-refractivity contribution in [1.82, 2.24) is 4.90 Å². The van der Waals surface area contributed by atoms with E-state index < -0.39 is 23.1 Å². The van der Waals surface area contributed by atoms with Gasteiger partial charge in [0.1, 0.15) is 6.04 Å². The van der Waals surface area contributed by atoms with E-state index in [0.717, 1.165) is 25.7 Å². The molecular weight excluding hydrogens is 430 g/mol. The van der Waals surface area contributed by atoms with Crippen LogP contribution in [0.2, 0.25) is 0 Å². The highest BCUT2D eigenvalue weighted by atomic mass is 32.1. The molecule has 1 fully saturated rings. The van der Waals surface area contributed by atoms with Gasteiger partial charge in [0.05, 0.1) is 0 Å². The number of likely N-dealkylation sites (tertiary alicyclic amines) is 1. The molecule has 0 radical (unpaired) electrons. The minimum absolute atomic E-state index is 0.0210. The largest absolute Gasteiger partial charge is 0.500 e. The van der Waals surface area contributed by atoms with Crippen LogP contribution in [0.1, 0.15) is 69.9 Å². The van der Waals surface area contributed by atoms with Crippen LogP contribution in [0, 0.1) is 11.3 Å². The molecule has 2 atom stereocenters. The van der Waals surface area contributed by atoms with Crippen LogP contribution in [0.15, 0.2) is 60.7 Å². The summed E-state index contributed by atoms with van der Waals surface area (Å²) in [7, 11) is 0. The van der Waals surface area contributed by atoms with E-state index >= 15 is 0 Å². The average Bonchev–Trinajstić information content (AvgIpc) is 2.84. The first-order valence-electron chi connectivity index (χ1n) is 11.9. The van der Waals surface area contributed by atoms with E-state index in [9.17, 15) is 14.7 Å². The van der Waals surface area contributed by atoms with Gasteiger partial charge in [-0.15, -0.1) is 0 Å². The zero-order chi connectivity index (χ0) is 24.0. The predicted octanol–water partition coefficient (Wildman–Crippen LogP) is 6.10. The van der Waals surface area contributed by atoms with E-state index in [1.54, 1.807) is 13.8 Å². The van der Waals surface area contributed by atoms with Crippen molar-refractivity contribution in [3.8, 4) is 0 Å². The lowest BCUT2D eigenvalue weighted by molar-refractivity contribution is -0.151. The number of hydrogen-bond acceptors (Lipinski definition) is 3. The van der Waals surface area contributed by atoms with Crippen LogP contribution in [0.5, 0.6) is 0 Å². The smallest absolute Gasteiger partial charge is 0.291 e. The highest BCUT2D eigenvalue weighted by Gasteiger charge is 2.42. The van der Waals surface area contributed by atoms with Gasteiger partial charge in [-0.2, -0.15) is 0 Å². The molecule has 2 unspecified atom stereocenters. The highest BCUT2D eigenvalue weighted by molar-refractivity contribution is 7.80. The first kappa shape index (κ1) is 25.1. The van der Waals surface area contributed by atoms with Crippen LogP contribution >= 0.6 is 12.2 Å². The Morgan fingerprint density at radius 3 is 2.09 bits per heavy atom. The molecule has 1 amide bonds. The van der Waals surface area contributed by atoms with E-state index in [1.165, 1.54) is 16.0 Å². The SMILES string of the molecule is CCC(C)(C)C(=O)C(=O)N1CCCC(CCC(c2ccccc2)c2ccccc2)C1C(O)=S. The Morgan fingerprint density at radius 2 is 1.61 bits per heavy atom. The second-order valence-electron chi connectivity index (χ2n) is 9.70. The molecule has 1 aliphatic heterocycles. The van der Waals surface area contributed by atoms with Crippen molar-refractivity contribution in [2.75, 3.05) is 6.54 Å². The molecule has 5 heteroatoms. The van der Waals surface area contributed by atoms with Gasteiger partial charge in [-0.25, -0.2) is 0 Å². The quantitative estimate of drug-likeness (QED) is 0.359. The molecule has 176 valence electrons. The second kappa shape index (κ2) is 11.1. The lowest BCUT2D eigenvalue weighted by Gasteiger charge is -2.41. The molecule has 3 rings (SSSR count). The maximum absolute atomic E-state index is 13.2. The number of aliphatic hydroxyl groups excluding tert-OH is 1. The van der Waals surface area contributed by atoms with Gasteiger partial charge >= 0.3 is 0 Å². The van der Waals surface area contributed by atoms with Crippen molar-refractivity contribution in [3.63, 3.8) is 0 Å². The number of carbonyl (C=O) groups excluding carboxylic acids is 2. The third-order valence-electron chi connectivity index (χ3n) is 7.19. The van der Waals surface area contributed by atoms with Crippen LogP contribution in [-0.2, 0) is 9.59 Å². The topological polar surface area (TPSA) is 57.6 Å². The van der Waals surface area contributed by atoms with Gasteiger partial charge in [0.25, 0.3) is 5.91 Å². The van der Waals surface area contributed by atoms with Gasteiger partial charge < -0.3 is 10.0 Å². The van der Waals surface area contributed by atoms with Crippen molar-refractivity contribution in [3.05, 3.63) is 71.8 Å². The molecule has 0 aliphatic carbocycles. The summed E-state index contributed by atoms with van der Waals surface area (Å²) in [4.78, 5) is 27.6. The van der Waals surface area contributed by atoms with Gasteiger partial charge in [-0.05, 0) is 61.4 Å². The number of carbonyl (C=O) groups is 2. The number of benzene rings is 2. The summed E-state index contributed by atoms with van der Waals surface area (Å²) in [5, 5.41) is 10.2. The van der Waals surface area contributed by atoms with Gasteiger partial charge in [0.2, 0.25) is 5.78 Å². The Morgan fingerprint density at radius 1 is 1.06 bits per heavy atom. The Labute approximate surface area is 203 Å². The maximum Gasteiger partial charge on any atom is 0.291 e. The number of rotatable bonds is 9. The standard InChI is InChI=1S/C28H35NO3S/c1-4-28(2,3)25(30)26(31)29-19-11-16-22(24(29)27(32)33)17-18-23(20-12-7-5-8-13-20)21-14-9-6-10-15-21/h5-10,12-15,22-24H,4,11,16-19H2,1-3H3,(H,32,33). The number of Topliss-reactive ketones (excluding diaryl/α,β-unsaturated/α-hetero) is 1. The normalized spacial score (nSPS) is 18.8. The molecule has 1 aliphatic rings. The molecular formula is C28H35NO3S. The molecule has 0 spiro atoms. The van der Waals surface area contributed by atoms with E-state index in [2.05, 4.69) is 48.5 Å². The Bertz CT molecular complexity index is 918. The lowest BCUT2D eigenvalue weighted by Crippen LogP contribution is -2.55. The number of piperidine rings is 1. The molecule has 2 aromatic carbocycles. The Kier molecular flexibility index (Phi) is 8.41. The summed E-state index contributed by atoms with van der Waals surface area (Å²) in [5.74, 6) is -0.686. The van der Waals surface area contributed by atoms with Crippen molar-refractivity contribution < 1.29 is 14.7 Å². The van der Waals surface area contributed by atoms with Crippen LogP contribution in [0.25, 0.3) is 0 Å². The fourth-order valence-corrected chi connectivity index (χ4v) is 5.12. The third kappa shape index (κ3) is 5.89. The zero-order valence-corrected chi connectivity index (χ0v) is 20.7. The molecule has 0 saturated carbocycles. The summed E-state index contributed by atoms with van der Waals surface area (Å²) in [6.45, 7) is 5.95. The molecule has 4 nitrogen and oxygen atoms in total. The molecule has 1 heterocycles. The summed E-state index contributed by atoms with van der Waals surface area (Å²) in [5.41, 5.74) is 1.77. The van der Waals surface area contributed by atoms with Crippen LogP contribution in [-0.4, -0.2) is 39.3 Å². The molecule has 2 aromatic rings. The van der Waals surface area contributed by atoms with E-state index in [-0.39, 0.29) is 16.9 Å². The summed E-state index contributed by atoms with van der Waals surface area (Å²) in [6.07, 6.45) is 3.93. The Balaban J connectivity index is 1.82. The van der Waals surface area contributed by atoms with Crippen LogP contribution in [0.3, 0.4) is 0 Å². The first-order valence-corrected chi connectivity index (χ1v) is 12.3. The van der Waals surface area contributed by atoms with Gasteiger partial charge in [0, 0.05) is 17.9 Å². The summed E-state index contributed by atoms with van der Waals surface area (Å²) < 4.78 is 0. The number of aliphatic hydroxyl groups is 1. The summed E-state index contributed by atoms with van der Waals surface area (Å²) >= 11 is 5.21. The van der Waals surface area contributed by atoms with Gasteiger partial charge in [-0.1, -0.05) is 81.4 Å². The zero-order valence-electron chi connectivity index (χ0n) is 19.9. The number of thiocarbonyl (C=S) groups is 1. The fourth-order valence-electron chi connectivity index (χ4n) is 4.80. The molecule has 0 bridgehead atoms. The monoisotopic (exact) mass is 465 g/mol. The van der Waals surface area contributed by atoms with Crippen LogP contribution < -0.4 is 0 Å². The van der Waals surface area contributed by atoms with E-state index in [1.807, 2.05) is 19.1 Å². The second-order valence-corrected chi connectivity index (χ2v) is 10.1. The van der Waals surface area contributed by atoms with Crippen molar-refractivity contribution >= 4 is 29.0 Å². The van der Waals surface area contributed by atoms with Gasteiger partial charge in [-0.3, -0.25) is 9.59 Å². The van der Waals surface area contributed by atoms with E-state index in [4.69, 9.17) is 12.2 Å². The number of nitrogens with zero attached hydrogens (tertiary/aromatic N) is 1. The van der Waals surface area contributed by atoms with Crippen LogP contribution in [0.4, 0.5) is 0 Å².